The molecule has 188 valence electrons. The summed E-state index contributed by atoms with van der Waals surface area (Å²) in [6, 6.07) is 14.3. The first kappa shape index (κ1) is 24.1. The first-order chi connectivity index (χ1) is 17.5. The van der Waals surface area contributed by atoms with Crippen LogP contribution in [0.15, 0.2) is 54.9 Å². The van der Waals surface area contributed by atoms with Crippen molar-refractivity contribution in [2.45, 2.75) is 19.4 Å². The smallest absolute Gasteiger partial charge is 0.225 e. The third-order valence-electron chi connectivity index (χ3n) is 7.26. The van der Waals surface area contributed by atoms with Crippen molar-refractivity contribution in [1.82, 2.24) is 19.8 Å². The number of aromatic nitrogens is 2. The summed E-state index contributed by atoms with van der Waals surface area (Å²) in [4.78, 5) is 28.7. The van der Waals surface area contributed by atoms with Crippen molar-refractivity contribution in [1.29, 1.82) is 0 Å². The maximum absolute atomic E-state index is 13.1. The van der Waals surface area contributed by atoms with E-state index in [4.69, 9.17) is 4.74 Å². The van der Waals surface area contributed by atoms with Gasteiger partial charge in [0.15, 0.2) is 0 Å². The van der Waals surface area contributed by atoms with Crippen LogP contribution in [0.4, 0.5) is 17.3 Å². The molecule has 36 heavy (non-hydrogen) atoms. The van der Waals surface area contributed by atoms with Crippen molar-refractivity contribution in [3.63, 3.8) is 0 Å². The topological polar surface area (TPSA) is 73.8 Å². The molecular formula is C28H34N6O2. The molecule has 5 aliphatic rings. The SMILES string of the molecule is COc1ccc2cc1CN1CCC(CC1)C(=O)N(C)CCN(C)c1ccc(cn1)-c1ccnc(c1)N2. The quantitative estimate of drug-likeness (QED) is 0.557. The monoisotopic (exact) mass is 486 g/mol. The number of methoxy groups -OCH3 is 1. The summed E-state index contributed by atoms with van der Waals surface area (Å²) in [5.74, 6) is 2.85. The molecule has 1 saturated heterocycles. The zero-order valence-corrected chi connectivity index (χ0v) is 21.3. The van der Waals surface area contributed by atoms with Gasteiger partial charge in [-0.25, -0.2) is 9.97 Å². The first-order valence-electron chi connectivity index (χ1n) is 12.5. The highest BCUT2D eigenvalue weighted by molar-refractivity contribution is 5.78. The second-order valence-electron chi connectivity index (χ2n) is 9.72. The van der Waals surface area contributed by atoms with Gasteiger partial charge in [0.25, 0.3) is 0 Å². The Morgan fingerprint density at radius 1 is 0.917 bits per heavy atom. The predicted octanol–water partition coefficient (Wildman–Crippen LogP) is 4.02. The fourth-order valence-corrected chi connectivity index (χ4v) is 5.00. The van der Waals surface area contributed by atoms with Crippen LogP contribution >= 0.6 is 0 Å². The Labute approximate surface area is 212 Å². The maximum atomic E-state index is 13.1. The van der Waals surface area contributed by atoms with Gasteiger partial charge in [-0.1, -0.05) is 0 Å². The maximum Gasteiger partial charge on any atom is 0.225 e. The van der Waals surface area contributed by atoms with E-state index in [0.717, 1.165) is 78.8 Å². The molecule has 0 atom stereocenters. The average molecular weight is 487 g/mol. The number of likely N-dealkylation sites (N-methyl/N-ethyl adjacent to an activating group) is 2. The Morgan fingerprint density at radius 2 is 1.72 bits per heavy atom. The number of rotatable bonds is 1. The third kappa shape index (κ3) is 5.28. The van der Waals surface area contributed by atoms with Gasteiger partial charge in [0.1, 0.15) is 17.4 Å². The Kier molecular flexibility index (Phi) is 7.04. The predicted molar refractivity (Wildman–Crippen MR) is 143 cm³/mol. The van der Waals surface area contributed by atoms with E-state index in [0.29, 0.717) is 6.54 Å². The van der Waals surface area contributed by atoms with Crippen molar-refractivity contribution in [3.05, 3.63) is 60.4 Å². The van der Waals surface area contributed by atoms with Gasteiger partial charge in [0.05, 0.1) is 7.11 Å². The molecule has 3 aromatic rings. The number of carbonyl (C=O) groups excluding carboxylic acids is 1. The van der Waals surface area contributed by atoms with Crippen molar-refractivity contribution in [2.24, 2.45) is 5.92 Å². The number of ether oxygens (including phenoxy) is 1. The van der Waals surface area contributed by atoms with Gasteiger partial charge >= 0.3 is 0 Å². The Bertz CT molecular complexity index is 1210. The lowest BCUT2D eigenvalue weighted by Gasteiger charge is -2.34. The minimum absolute atomic E-state index is 0.0790. The minimum Gasteiger partial charge on any atom is -0.496 e. The van der Waals surface area contributed by atoms with Crippen LogP contribution in [0, 0.1) is 5.92 Å². The van der Waals surface area contributed by atoms with E-state index >= 15 is 0 Å². The number of nitrogens with one attached hydrogen (secondary N) is 1. The van der Waals surface area contributed by atoms with Gasteiger partial charge < -0.3 is 19.9 Å². The van der Waals surface area contributed by atoms with Crippen molar-refractivity contribution in [3.8, 4) is 16.9 Å². The summed E-state index contributed by atoms with van der Waals surface area (Å²) in [7, 11) is 5.64. The third-order valence-corrected chi connectivity index (χ3v) is 7.26. The van der Waals surface area contributed by atoms with Crippen LogP contribution in [0.5, 0.6) is 5.75 Å². The van der Waals surface area contributed by atoms with Gasteiger partial charge in [0, 0.05) is 68.9 Å². The van der Waals surface area contributed by atoms with Crippen molar-refractivity contribution < 1.29 is 9.53 Å². The van der Waals surface area contributed by atoms with Gasteiger partial charge in [-0.2, -0.15) is 0 Å². The van der Waals surface area contributed by atoms with Crippen molar-refractivity contribution in [2.75, 3.05) is 57.6 Å². The summed E-state index contributed by atoms with van der Waals surface area (Å²) in [5, 5.41) is 3.45. The highest BCUT2D eigenvalue weighted by atomic mass is 16.5. The van der Waals surface area contributed by atoms with E-state index in [2.05, 4.69) is 37.2 Å². The molecule has 8 rings (SSSR count). The fourth-order valence-electron chi connectivity index (χ4n) is 5.00. The molecule has 1 amide bonds. The number of hydrogen-bond donors (Lipinski definition) is 1. The summed E-state index contributed by atoms with van der Waals surface area (Å²) >= 11 is 0. The molecule has 8 bridgehead atoms. The molecule has 0 saturated carbocycles. The molecule has 1 N–H and O–H groups in total. The van der Waals surface area contributed by atoms with Gasteiger partial charge in [-0.15, -0.1) is 0 Å². The van der Waals surface area contributed by atoms with Crippen LogP contribution in [0.1, 0.15) is 18.4 Å². The lowest BCUT2D eigenvalue weighted by atomic mass is 9.95. The van der Waals surface area contributed by atoms with E-state index in [9.17, 15) is 4.79 Å². The van der Waals surface area contributed by atoms with Crippen LogP contribution in [-0.2, 0) is 11.3 Å². The van der Waals surface area contributed by atoms with Crippen molar-refractivity contribution >= 4 is 23.2 Å². The number of piperidine rings is 1. The molecule has 5 aliphatic heterocycles. The van der Waals surface area contributed by atoms with Crippen LogP contribution in [0.3, 0.4) is 0 Å². The molecule has 7 heterocycles. The lowest BCUT2D eigenvalue weighted by Crippen LogP contribution is -2.43. The van der Waals surface area contributed by atoms with E-state index in [1.165, 1.54) is 0 Å². The fraction of sp³-hybridized carbons (Fsp3) is 0.393. The number of carbonyl (C=O) groups is 1. The van der Waals surface area contributed by atoms with Crippen LogP contribution in [0.25, 0.3) is 11.1 Å². The summed E-state index contributed by atoms with van der Waals surface area (Å²) < 4.78 is 5.66. The molecule has 8 heteroatoms. The summed E-state index contributed by atoms with van der Waals surface area (Å²) in [6.07, 6.45) is 5.45. The number of anilines is 3. The van der Waals surface area contributed by atoms with E-state index in [-0.39, 0.29) is 11.8 Å². The van der Waals surface area contributed by atoms with E-state index < -0.39 is 0 Å². The number of benzene rings is 1. The second-order valence-corrected chi connectivity index (χ2v) is 9.72. The molecule has 0 radical (unpaired) electrons. The second kappa shape index (κ2) is 10.5. The molecule has 1 aromatic carbocycles. The number of hydrogen-bond acceptors (Lipinski definition) is 7. The standard InChI is InChI=1S/C28H34N6O2/c1-32-14-15-33(2)28(35)20-9-12-34(13-10-20)19-23-16-24(5-6-25(23)36-3)31-26-17-21(8-11-29-26)22-4-7-27(32)30-18-22/h4-8,11,16-18,20H,9-10,12-15,19H2,1-3H3,(H,29,31). The lowest BCUT2D eigenvalue weighted by molar-refractivity contribution is -0.135. The highest BCUT2D eigenvalue weighted by Crippen LogP contribution is 2.29. The molecule has 8 nitrogen and oxygen atoms in total. The Morgan fingerprint density at radius 3 is 2.47 bits per heavy atom. The zero-order valence-electron chi connectivity index (χ0n) is 21.3. The molecule has 0 aliphatic carbocycles. The molecule has 2 aromatic heterocycles. The van der Waals surface area contributed by atoms with Crippen LogP contribution in [0.2, 0.25) is 0 Å². The molecule has 0 unspecified atom stereocenters. The molecular weight excluding hydrogens is 452 g/mol. The van der Waals surface area contributed by atoms with E-state index in [1.54, 1.807) is 7.11 Å². The van der Waals surface area contributed by atoms with Crippen LogP contribution < -0.4 is 15.0 Å². The average Bonchev–Trinajstić information content (AvgIpc) is 2.91. The van der Waals surface area contributed by atoms with Gasteiger partial charge in [-0.3, -0.25) is 9.69 Å². The highest BCUT2D eigenvalue weighted by Gasteiger charge is 2.27. The van der Waals surface area contributed by atoms with Gasteiger partial charge in [-0.05, 0) is 74.0 Å². The molecule has 1 fully saturated rings. The van der Waals surface area contributed by atoms with Gasteiger partial charge in [0.2, 0.25) is 5.91 Å². The summed E-state index contributed by atoms with van der Waals surface area (Å²) in [6.45, 7) is 3.97. The first-order valence-corrected chi connectivity index (χ1v) is 12.5. The molecule has 0 spiro atoms. The van der Waals surface area contributed by atoms with E-state index in [1.807, 2.05) is 61.7 Å². The number of pyridine rings is 2. The Hall–Kier alpha value is -3.65. The summed E-state index contributed by atoms with van der Waals surface area (Å²) in [5.41, 5.74) is 4.15. The zero-order chi connectivity index (χ0) is 25.1. The number of nitrogens with zero attached hydrogens (tertiary/aromatic N) is 5. The minimum atomic E-state index is 0.0790. The van der Waals surface area contributed by atoms with Crippen LogP contribution in [-0.4, -0.2) is 73.1 Å². The number of amides is 1. The normalized spacial score (nSPS) is 20.6. The largest absolute Gasteiger partial charge is 0.496 e. The Balaban J connectivity index is 1.47.